The van der Waals surface area contributed by atoms with E-state index in [9.17, 15) is 8.42 Å². The van der Waals surface area contributed by atoms with Gasteiger partial charge in [-0.25, -0.2) is 13.1 Å². The highest BCUT2D eigenvalue weighted by Crippen LogP contribution is 2.21. The lowest BCUT2D eigenvalue weighted by Gasteiger charge is -2.13. The summed E-state index contributed by atoms with van der Waals surface area (Å²) < 4.78 is 26.5. The number of hydrogen-bond acceptors (Lipinski definition) is 3. The predicted octanol–water partition coefficient (Wildman–Crippen LogP) is 1.27. The van der Waals surface area contributed by atoms with Gasteiger partial charge in [-0.05, 0) is 38.8 Å². The molecule has 0 saturated carbocycles. The lowest BCUT2D eigenvalue weighted by Crippen LogP contribution is -2.31. The Balaban J connectivity index is 3.16. The second-order valence-corrected chi connectivity index (χ2v) is 6.13. The van der Waals surface area contributed by atoms with Crippen LogP contribution in [-0.2, 0) is 10.0 Å². The molecule has 1 aromatic rings. The predicted molar refractivity (Wildman–Crippen MR) is 67.5 cm³/mol. The second-order valence-electron chi connectivity index (χ2n) is 4.43. The number of nitrogens with one attached hydrogen (secondary N) is 1. The quantitative estimate of drug-likeness (QED) is 0.853. The van der Waals surface area contributed by atoms with Crippen LogP contribution in [0.25, 0.3) is 0 Å². The molecule has 1 atom stereocenters. The number of rotatable bonds is 4. The molecule has 96 valence electrons. The first-order chi connectivity index (χ1) is 7.74. The third-order valence-electron chi connectivity index (χ3n) is 2.44. The third kappa shape index (κ3) is 3.52. The van der Waals surface area contributed by atoms with Crippen molar-refractivity contribution in [1.29, 1.82) is 0 Å². The molecule has 0 amide bonds. The zero-order valence-corrected chi connectivity index (χ0v) is 11.4. The van der Waals surface area contributed by atoms with Gasteiger partial charge in [-0.15, -0.1) is 0 Å². The average Bonchev–Trinajstić information content (AvgIpc) is 2.12. The number of benzene rings is 1. The van der Waals surface area contributed by atoms with Crippen LogP contribution in [0.3, 0.4) is 0 Å². The first kappa shape index (κ1) is 14.2. The van der Waals surface area contributed by atoms with E-state index in [1.165, 1.54) is 6.92 Å². The molecular formula is C12H19NO3S. The lowest BCUT2D eigenvalue weighted by atomic mass is 10.1. The molecule has 0 bridgehead atoms. The van der Waals surface area contributed by atoms with Gasteiger partial charge in [0.1, 0.15) is 0 Å². The van der Waals surface area contributed by atoms with Crippen LogP contribution in [0, 0.1) is 20.8 Å². The van der Waals surface area contributed by atoms with E-state index in [4.69, 9.17) is 5.11 Å². The molecule has 4 nitrogen and oxygen atoms in total. The standard InChI is InChI=1S/C12H19NO3S/c1-8-5-9(2)12(10(3)6-8)17(15,16)13-7-11(4)14/h5-6,11,13-14H,7H2,1-4H3. The number of aryl methyl sites for hydroxylation is 3. The summed E-state index contributed by atoms with van der Waals surface area (Å²) in [5.74, 6) is 0. The molecule has 0 aliphatic rings. The SMILES string of the molecule is Cc1cc(C)c(S(=O)(=O)NCC(C)O)c(C)c1. The Morgan fingerprint density at radius 2 is 1.71 bits per heavy atom. The van der Waals surface area contributed by atoms with Crippen molar-refractivity contribution in [2.45, 2.75) is 38.7 Å². The van der Waals surface area contributed by atoms with Gasteiger partial charge in [0.25, 0.3) is 0 Å². The van der Waals surface area contributed by atoms with Crippen molar-refractivity contribution in [2.24, 2.45) is 0 Å². The summed E-state index contributed by atoms with van der Waals surface area (Å²) in [5, 5.41) is 9.12. The number of aliphatic hydroxyl groups excluding tert-OH is 1. The molecule has 5 heteroatoms. The summed E-state index contributed by atoms with van der Waals surface area (Å²) in [6.45, 7) is 7.04. The topological polar surface area (TPSA) is 66.4 Å². The second kappa shape index (κ2) is 5.16. The van der Waals surface area contributed by atoms with Crippen LogP contribution in [0.4, 0.5) is 0 Å². The monoisotopic (exact) mass is 257 g/mol. The number of aliphatic hydroxyl groups is 1. The van der Waals surface area contributed by atoms with Gasteiger partial charge in [-0.2, -0.15) is 0 Å². The van der Waals surface area contributed by atoms with E-state index in [0.29, 0.717) is 4.90 Å². The molecule has 0 aromatic heterocycles. The van der Waals surface area contributed by atoms with E-state index >= 15 is 0 Å². The molecule has 1 rings (SSSR count). The minimum atomic E-state index is -3.54. The minimum absolute atomic E-state index is 0.0229. The van der Waals surface area contributed by atoms with Crippen LogP contribution in [0.5, 0.6) is 0 Å². The van der Waals surface area contributed by atoms with Crippen molar-refractivity contribution in [2.75, 3.05) is 6.54 Å². The fourth-order valence-corrected chi connectivity index (χ4v) is 3.46. The highest BCUT2D eigenvalue weighted by Gasteiger charge is 2.19. The van der Waals surface area contributed by atoms with Gasteiger partial charge >= 0.3 is 0 Å². The van der Waals surface area contributed by atoms with E-state index in [-0.39, 0.29) is 6.54 Å². The van der Waals surface area contributed by atoms with Crippen LogP contribution >= 0.6 is 0 Å². The molecule has 0 fully saturated rings. The molecule has 1 aromatic carbocycles. The van der Waals surface area contributed by atoms with Crippen molar-refractivity contribution in [3.8, 4) is 0 Å². The zero-order chi connectivity index (χ0) is 13.2. The molecule has 0 aliphatic carbocycles. The lowest BCUT2D eigenvalue weighted by molar-refractivity contribution is 0.198. The van der Waals surface area contributed by atoms with Crippen LogP contribution in [0.1, 0.15) is 23.6 Å². The van der Waals surface area contributed by atoms with Crippen molar-refractivity contribution >= 4 is 10.0 Å². The summed E-state index contributed by atoms with van der Waals surface area (Å²) in [5.41, 5.74) is 2.48. The van der Waals surface area contributed by atoms with Gasteiger partial charge < -0.3 is 5.11 Å². The Kier molecular flexibility index (Phi) is 4.30. The maximum absolute atomic E-state index is 12.1. The van der Waals surface area contributed by atoms with Crippen LogP contribution in [-0.4, -0.2) is 26.2 Å². The number of hydrogen-bond donors (Lipinski definition) is 2. The van der Waals surface area contributed by atoms with E-state index in [1.54, 1.807) is 13.8 Å². The highest BCUT2D eigenvalue weighted by molar-refractivity contribution is 7.89. The number of sulfonamides is 1. The molecule has 1 unspecified atom stereocenters. The molecule has 0 spiro atoms. The Hall–Kier alpha value is -0.910. The Bertz CT molecular complexity index is 483. The first-order valence-corrected chi connectivity index (χ1v) is 6.98. The van der Waals surface area contributed by atoms with E-state index in [1.807, 2.05) is 19.1 Å². The van der Waals surface area contributed by atoms with Crippen molar-refractivity contribution < 1.29 is 13.5 Å². The Morgan fingerprint density at radius 3 is 2.12 bits per heavy atom. The molecule has 0 aliphatic heterocycles. The summed E-state index contributed by atoms with van der Waals surface area (Å²) in [6, 6.07) is 3.67. The molecule has 2 N–H and O–H groups in total. The van der Waals surface area contributed by atoms with Gasteiger partial charge in [0.05, 0.1) is 11.0 Å². The van der Waals surface area contributed by atoms with Crippen molar-refractivity contribution in [3.63, 3.8) is 0 Å². The first-order valence-electron chi connectivity index (χ1n) is 5.49. The molecule has 0 saturated heterocycles. The maximum Gasteiger partial charge on any atom is 0.241 e. The van der Waals surface area contributed by atoms with E-state index in [2.05, 4.69) is 4.72 Å². The van der Waals surface area contributed by atoms with Crippen LogP contribution in [0.15, 0.2) is 17.0 Å². The minimum Gasteiger partial charge on any atom is -0.392 e. The molecule has 17 heavy (non-hydrogen) atoms. The van der Waals surface area contributed by atoms with Crippen molar-refractivity contribution in [3.05, 3.63) is 28.8 Å². The third-order valence-corrected chi connectivity index (χ3v) is 4.17. The van der Waals surface area contributed by atoms with Gasteiger partial charge in [0.2, 0.25) is 10.0 Å². The fraction of sp³-hybridized carbons (Fsp3) is 0.500. The summed E-state index contributed by atoms with van der Waals surface area (Å²) in [4.78, 5) is 0.309. The van der Waals surface area contributed by atoms with E-state index < -0.39 is 16.1 Å². The molecule has 0 radical (unpaired) electrons. The summed E-state index contributed by atoms with van der Waals surface area (Å²) >= 11 is 0. The van der Waals surface area contributed by atoms with Crippen LogP contribution in [0.2, 0.25) is 0 Å². The van der Waals surface area contributed by atoms with Crippen LogP contribution < -0.4 is 4.72 Å². The van der Waals surface area contributed by atoms with Gasteiger partial charge in [-0.1, -0.05) is 17.7 Å². The summed E-state index contributed by atoms with van der Waals surface area (Å²) in [7, 11) is -3.54. The zero-order valence-electron chi connectivity index (χ0n) is 10.6. The smallest absolute Gasteiger partial charge is 0.241 e. The average molecular weight is 257 g/mol. The Morgan fingerprint density at radius 1 is 1.24 bits per heavy atom. The Labute approximate surface area is 103 Å². The largest absolute Gasteiger partial charge is 0.392 e. The molecular weight excluding hydrogens is 238 g/mol. The van der Waals surface area contributed by atoms with Gasteiger partial charge in [-0.3, -0.25) is 0 Å². The maximum atomic E-state index is 12.1. The normalized spacial score (nSPS) is 13.7. The fourth-order valence-electron chi connectivity index (χ4n) is 1.89. The summed E-state index contributed by atoms with van der Waals surface area (Å²) in [6.07, 6.45) is -0.698. The van der Waals surface area contributed by atoms with E-state index in [0.717, 1.165) is 16.7 Å². The van der Waals surface area contributed by atoms with Gasteiger partial charge in [0, 0.05) is 6.54 Å². The highest BCUT2D eigenvalue weighted by atomic mass is 32.2. The van der Waals surface area contributed by atoms with Crippen molar-refractivity contribution in [1.82, 2.24) is 4.72 Å². The van der Waals surface area contributed by atoms with Gasteiger partial charge in [0.15, 0.2) is 0 Å². The molecule has 0 heterocycles.